The third-order valence-electron chi connectivity index (χ3n) is 2.56. The Labute approximate surface area is 96.9 Å². The molecule has 1 N–H and O–H groups in total. The third kappa shape index (κ3) is 2.15. The Balaban J connectivity index is 2.33. The topological polar surface area (TPSA) is 38.3 Å². The van der Waals surface area contributed by atoms with Gasteiger partial charge in [-0.1, -0.05) is 15.9 Å². The highest BCUT2D eigenvalue weighted by Gasteiger charge is 2.24. The number of hydrogen-bond donors (Lipinski definition) is 1. The van der Waals surface area contributed by atoms with Gasteiger partial charge in [0.15, 0.2) is 0 Å². The second-order valence-electron chi connectivity index (χ2n) is 3.55. The number of halogens is 1. The fourth-order valence-electron chi connectivity index (χ4n) is 1.82. The molecule has 3 nitrogen and oxygen atoms in total. The minimum absolute atomic E-state index is 0.0879. The zero-order valence-electron chi connectivity index (χ0n) is 8.42. The lowest BCUT2D eigenvalue weighted by Gasteiger charge is -2.14. The molecule has 1 heterocycles. The standard InChI is InChI=1S/C11H12BrNO2/c1-15-10-4-2-7(12)6-8(10)9-3-5-11(14)13-9/h2,4,6,9H,3,5H2,1H3,(H,13,14). The van der Waals surface area contributed by atoms with E-state index in [1.165, 1.54) is 0 Å². The van der Waals surface area contributed by atoms with Crippen LogP contribution in [0.25, 0.3) is 0 Å². The van der Waals surface area contributed by atoms with E-state index in [4.69, 9.17) is 4.74 Å². The number of hydrogen-bond acceptors (Lipinski definition) is 2. The Hall–Kier alpha value is -1.03. The van der Waals surface area contributed by atoms with Crippen LogP contribution >= 0.6 is 15.9 Å². The first kappa shape index (κ1) is 10.5. The lowest BCUT2D eigenvalue weighted by Crippen LogP contribution is -2.18. The van der Waals surface area contributed by atoms with E-state index < -0.39 is 0 Å². The molecule has 0 bridgehead atoms. The molecule has 4 heteroatoms. The number of carbonyl (C=O) groups is 1. The molecule has 1 unspecified atom stereocenters. The number of nitrogens with one attached hydrogen (secondary N) is 1. The highest BCUT2D eigenvalue weighted by Crippen LogP contribution is 2.33. The molecule has 2 rings (SSSR count). The van der Waals surface area contributed by atoms with Crippen molar-refractivity contribution in [2.75, 3.05) is 7.11 Å². The number of methoxy groups -OCH3 is 1. The van der Waals surface area contributed by atoms with Crippen molar-refractivity contribution in [1.29, 1.82) is 0 Å². The summed E-state index contributed by atoms with van der Waals surface area (Å²) in [5.74, 6) is 0.937. The van der Waals surface area contributed by atoms with Crippen LogP contribution in [0, 0.1) is 0 Å². The van der Waals surface area contributed by atoms with Crippen LogP contribution in [0.15, 0.2) is 22.7 Å². The van der Waals surface area contributed by atoms with E-state index >= 15 is 0 Å². The van der Waals surface area contributed by atoms with E-state index in [-0.39, 0.29) is 11.9 Å². The average molecular weight is 270 g/mol. The summed E-state index contributed by atoms with van der Waals surface area (Å²) in [7, 11) is 1.64. The van der Waals surface area contributed by atoms with Gasteiger partial charge >= 0.3 is 0 Å². The van der Waals surface area contributed by atoms with Crippen LogP contribution in [0.4, 0.5) is 0 Å². The zero-order chi connectivity index (χ0) is 10.8. The number of rotatable bonds is 2. The molecule has 1 saturated heterocycles. The highest BCUT2D eigenvalue weighted by molar-refractivity contribution is 9.10. The molecule has 1 aliphatic rings. The van der Waals surface area contributed by atoms with E-state index in [2.05, 4.69) is 21.2 Å². The van der Waals surface area contributed by atoms with Gasteiger partial charge in [0.1, 0.15) is 5.75 Å². The van der Waals surface area contributed by atoms with Crippen molar-refractivity contribution in [3.63, 3.8) is 0 Å². The van der Waals surface area contributed by atoms with Crippen LogP contribution in [0.3, 0.4) is 0 Å². The molecule has 1 atom stereocenters. The average Bonchev–Trinajstić information content (AvgIpc) is 2.65. The van der Waals surface area contributed by atoms with Crippen LogP contribution in [0.5, 0.6) is 5.75 Å². The van der Waals surface area contributed by atoms with Gasteiger partial charge in [-0.25, -0.2) is 0 Å². The summed E-state index contributed by atoms with van der Waals surface area (Å²) in [6.07, 6.45) is 1.44. The Morgan fingerprint density at radius 1 is 1.53 bits per heavy atom. The first-order chi connectivity index (χ1) is 7.20. The van der Waals surface area contributed by atoms with Crippen LogP contribution in [0.1, 0.15) is 24.4 Å². The largest absolute Gasteiger partial charge is 0.496 e. The van der Waals surface area contributed by atoms with Gasteiger partial charge < -0.3 is 10.1 Å². The van der Waals surface area contributed by atoms with E-state index in [0.29, 0.717) is 6.42 Å². The number of amides is 1. The number of ether oxygens (including phenoxy) is 1. The van der Waals surface area contributed by atoms with Gasteiger partial charge in [0.25, 0.3) is 0 Å². The van der Waals surface area contributed by atoms with Crippen LogP contribution in [-0.4, -0.2) is 13.0 Å². The Kier molecular flexibility index (Phi) is 2.95. The minimum Gasteiger partial charge on any atom is -0.496 e. The lowest BCUT2D eigenvalue weighted by molar-refractivity contribution is -0.119. The van der Waals surface area contributed by atoms with Crippen LogP contribution in [-0.2, 0) is 4.79 Å². The molecule has 15 heavy (non-hydrogen) atoms. The molecule has 0 aromatic heterocycles. The van der Waals surface area contributed by atoms with Gasteiger partial charge in [0.05, 0.1) is 13.2 Å². The summed E-state index contributed by atoms with van der Waals surface area (Å²) in [6.45, 7) is 0. The van der Waals surface area contributed by atoms with Crippen molar-refractivity contribution in [3.05, 3.63) is 28.2 Å². The van der Waals surface area contributed by atoms with Gasteiger partial charge in [-0.15, -0.1) is 0 Å². The van der Waals surface area contributed by atoms with Crippen LogP contribution < -0.4 is 10.1 Å². The maximum absolute atomic E-state index is 11.1. The summed E-state index contributed by atoms with van der Waals surface area (Å²) in [5.41, 5.74) is 1.04. The summed E-state index contributed by atoms with van der Waals surface area (Å²) < 4.78 is 6.28. The minimum atomic E-state index is 0.0879. The fourth-order valence-corrected chi connectivity index (χ4v) is 2.20. The van der Waals surface area contributed by atoms with Crippen molar-refractivity contribution in [1.82, 2.24) is 5.32 Å². The first-order valence-corrected chi connectivity index (χ1v) is 5.63. The highest BCUT2D eigenvalue weighted by atomic mass is 79.9. The van der Waals surface area contributed by atoms with E-state index in [9.17, 15) is 4.79 Å². The van der Waals surface area contributed by atoms with Crippen molar-refractivity contribution in [3.8, 4) is 5.75 Å². The quantitative estimate of drug-likeness (QED) is 0.896. The molecule has 0 saturated carbocycles. The summed E-state index contributed by atoms with van der Waals surface area (Å²) in [4.78, 5) is 11.1. The molecule has 1 aromatic carbocycles. The normalized spacial score (nSPS) is 20.1. The Bertz CT molecular complexity index is 392. The predicted molar refractivity (Wildman–Crippen MR) is 60.8 cm³/mol. The third-order valence-corrected chi connectivity index (χ3v) is 3.06. The SMILES string of the molecule is COc1ccc(Br)cc1C1CCC(=O)N1. The fraction of sp³-hybridized carbons (Fsp3) is 0.364. The second kappa shape index (κ2) is 4.23. The Morgan fingerprint density at radius 2 is 2.33 bits per heavy atom. The van der Waals surface area contributed by atoms with Gasteiger partial charge in [-0.05, 0) is 24.6 Å². The lowest BCUT2D eigenvalue weighted by atomic mass is 10.0. The van der Waals surface area contributed by atoms with E-state index in [1.54, 1.807) is 7.11 Å². The van der Waals surface area contributed by atoms with Gasteiger partial charge in [0.2, 0.25) is 5.91 Å². The summed E-state index contributed by atoms with van der Waals surface area (Å²) in [5, 5.41) is 2.93. The smallest absolute Gasteiger partial charge is 0.220 e. The monoisotopic (exact) mass is 269 g/mol. The summed E-state index contributed by atoms with van der Waals surface area (Å²) in [6, 6.07) is 5.92. The molecular weight excluding hydrogens is 258 g/mol. The molecule has 0 aliphatic carbocycles. The maximum atomic E-state index is 11.1. The molecule has 1 aromatic rings. The number of carbonyl (C=O) groups excluding carboxylic acids is 1. The van der Waals surface area contributed by atoms with E-state index in [1.807, 2.05) is 18.2 Å². The molecule has 1 amide bonds. The molecule has 0 radical (unpaired) electrons. The van der Waals surface area contributed by atoms with Crippen LogP contribution in [0.2, 0.25) is 0 Å². The zero-order valence-corrected chi connectivity index (χ0v) is 10.0. The van der Waals surface area contributed by atoms with Crippen molar-refractivity contribution in [2.24, 2.45) is 0 Å². The Morgan fingerprint density at radius 3 is 2.93 bits per heavy atom. The molecule has 0 spiro atoms. The summed E-state index contributed by atoms with van der Waals surface area (Å²) >= 11 is 3.42. The molecule has 1 fully saturated rings. The molecule has 80 valence electrons. The second-order valence-corrected chi connectivity index (χ2v) is 4.46. The first-order valence-electron chi connectivity index (χ1n) is 4.83. The van der Waals surface area contributed by atoms with Gasteiger partial charge in [0, 0.05) is 16.5 Å². The van der Waals surface area contributed by atoms with Gasteiger partial charge in [-0.3, -0.25) is 4.79 Å². The van der Waals surface area contributed by atoms with Crippen molar-refractivity contribution >= 4 is 21.8 Å². The molecule has 1 aliphatic heterocycles. The van der Waals surface area contributed by atoms with E-state index in [0.717, 1.165) is 22.2 Å². The maximum Gasteiger partial charge on any atom is 0.220 e. The number of benzene rings is 1. The van der Waals surface area contributed by atoms with Crippen molar-refractivity contribution in [2.45, 2.75) is 18.9 Å². The van der Waals surface area contributed by atoms with Crippen molar-refractivity contribution < 1.29 is 9.53 Å². The molecular formula is C11H12BrNO2. The predicted octanol–water partition coefficient (Wildman–Crippen LogP) is 2.41. The van der Waals surface area contributed by atoms with Gasteiger partial charge in [-0.2, -0.15) is 0 Å².